The van der Waals surface area contributed by atoms with E-state index in [-0.39, 0.29) is 16.0 Å². The summed E-state index contributed by atoms with van der Waals surface area (Å²) in [5, 5.41) is 10.8. The number of carboxylic acids is 1. The highest BCUT2D eigenvalue weighted by Crippen LogP contribution is 2.47. The molecule has 0 radical (unpaired) electrons. The Bertz CT molecular complexity index is 1600. The predicted octanol–water partition coefficient (Wildman–Crippen LogP) is 7.31. The topological polar surface area (TPSA) is 92.2 Å². The lowest BCUT2D eigenvalue weighted by Crippen LogP contribution is -2.38. The lowest BCUT2D eigenvalue weighted by atomic mass is 9.66. The van der Waals surface area contributed by atoms with Crippen LogP contribution in [0.15, 0.2) is 48.8 Å². The van der Waals surface area contributed by atoms with Crippen LogP contribution in [0.25, 0.3) is 28.1 Å². The Morgan fingerprint density at radius 2 is 1.84 bits per heavy atom. The third kappa shape index (κ3) is 4.19. The van der Waals surface area contributed by atoms with Gasteiger partial charge >= 0.3 is 5.97 Å². The lowest BCUT2D eigenvalue weighted by molar-refractivity contribution is -0.131. The first kappa shape index (κ1) is 25.3. The van der Waals surface area contributed by atoms with Crippen molar-refractivity contribution in [1.82, 2.24) is 9.55 Å². The molecule has 2 aromatic heterocycles. The van der Waals surface area contributed by atoms with Crippen LogP contribution in [0.3, 0.4) is 0 Å². The normalized spacial score (nSPS) is 14.7. The highest BCUT2D eigenvalue weighted by atomic mass is 35.5. The number of rotatable bonds is 6. The molecule has 1 aliphatic rings. The maximum atomic E-state index is 14.3. The van der Waals surface area contributed by atoms with Gasteiger partial charge in [0.2, 0.25) is 0 Å². The van der Waals surface area contributed by atoms with Crippen LogP contribution in [0.4, 0.5) is 0 Å². The molecule has 37 heavy (non-hydrogen) atoms. The maximum absolute atomic E-state index is 14.3. The number of carbonyl (C=O) groups is 3. The first-order valence-electron chi connectivity index (χ1n) is 11.6. The van der Waals surface area contributed by atoms with Crippen LogP contribution >= 0.6 is 34.8 Å². The molecule has 1 aliphatic carbocycles. The minimum absolute atomic E-state index is 0.278. The largest absolute Gasteiger partial charge is 0.478 e. The number of hydrogen-bond donors (Lipinski definition) is 2. The van der Waals surface area contributed by atoms with Crippen molar-refractivity contribution in [3.8, 4) is 11.1 Å². The van der Waals surface area contributed by atoms with E-state index in [2.05, 4.69) is 4.98 Å². The zero-order chi connectivity index (χ0) is 26.5. The molecular formula is C28H21Cl3N2O4. The van der Waals surface area contributed by atoms with Crippen LogP contribution in [0.1, 0.15) is 46.4 Å². The van der Waals surface area contributed by atoms with E-state index in [1.807, 2.05) is 6.92 Å². The standard InChI is InChI=1S/C28H21Cl3N2O4/c1-15-13-33(21-5-2-4-16(23(15)21)6-7-22(35)36)27(37)25-18(24-19(30)10-17(29)11-20(24)31)12-32-26(25)28(14-34)8-3-9-28/h2,4-7,10-14,32H,3,8-9H2,1H3,(H,35,36)/b7-6+. The zero-order valence-corrected chi connectivity index (χ0v) is 21.9. The Morgan fingerprint density at radius 1 is 1.14 bits per heavy atom. The van der Waals surface area contributed by atoms with E-state index in [0.717, 1.165) is 29.7 Å². The molecule has 0 atom stereocenters. The highest BCUT2D eigenvalue weighted by Gasteiger charge is 2.44. The van der Waals surface area contributed by atoms with Gasteiger partial charge < -0.3 is 14.9 Å². The smallest absolute Gasteiger partial charge is 0.328 e. The number of aryl methyl sites for hydroxylation is 1. The van der Waals surface area contributed by atoms with E-state index in [4.69, 9.17) is 39.9 Å². The van der Waals surface area contributed by atoms with Crippen LogP contribution in [0, 0.1) is 6.92 Å². The van der Waals surface area contributed by atoms with Gasteiger partial charge in [0.15, 0.2) is 0 Å². The van der Waals surface area contributed by atoms with Crippen molar-refractivity contribution in [2.75, 3.05) is 0 Å². The van der Waals surface area contributed by atoms with E-state index < -0.39 is 11.4 Å². The number of aliphatic carboxylic acids is 1. The summed E-state index contributed by atoms with van der Waals surface area (Å²) in [6, 6.07) is 8.46. The third-order valence-corrected chi connectivity index (χ3v) is 7.83. The number of fused-ring (bicyclic) bond motifs is 1. The summed E-state index contributed by atoms with van der Waals surface area (Å²) in [6.45, 7) is 1.86. The average Bonchev–Trinajstić information content (AvgIpc) is 3.39. The molecule has 5 rings (SSSR count). The monoisotopic (exact) mass is 554 g/mol. The summed E-state index contributed by atoms with van der Waals surface area (Å²) in [6.07, 6.45) is 8.95. The quantitative estimate of drug-likeness (QED) is 0.193. The van der Waals surface area contributed by atoms with Gasteiger partial charge in [-0.25, -0.2) is 4.79 Å². The van der Waals surface area contributed by atoms with Gasteiger partial charge in [0.05, 0.1) is 26.5 Å². The van der Waals surface area contributed by atoms with E-state index in [9.17, 15) is 14.4 Å². The van der Waals surface area contributed by atoms with Crippen LogP contribution in [0.5, 0.6) is 0 Å². The Balaban J connectivity index is 1.76. The van der Waals surface area contributed by atoms with E-state index in [1.54, 1.807) is 42.7 Å². The molecule has 2 heterocycles. The number of nitrogens with zero attached hydrogens (tertiary/aromatic N) is 1. The minimum atomic E-state index is -1.07. The fourth-order valence-electron chi connectivity index (χ4n) is 5.12. The van der Waals surface area contributed by atoms with Crippen molar-refractivity contribution in [1.29, 1.82) is 0 Å². The number of carbonyl (C=O) groups excluding carboxylic acids is 2. The molecule has 2 N–H and O–H groups in total. The Morgan fingerprint density at radius 3 is 2.43 bits per heavy atom. The molecule has 0 unspecified atom stereocenters. The molecule has 0 aliphatic heterocycles. The van der Waals surface area contributed by atoms with Gasteiger partial charge in [0, 0.05) is 45.7 Å². The molecular weight excluding hydrogens is 535 g/mol. The number of aromatic nitrogens is 2. The fourth-order valence-corrected chi connectivity index (χ4v) is 6.14. The number of hydrogen-bond acceptors (Lipinski definition) is 3. The fraction of sp³-hybridized carbons (Fsp3) is 0.179. The summed E-state index contributed by atoms with van der Waals surface area (Å²) in [5.74, 6) is -1.43. The summed E-state index contributed by atoms with van der Waals surface area (Å²) >= 11 is 19.2. The van der Waals surface area contributed by atoms with E-state index in [0.29, 0.717) is 51.3 Å². The van der Waals surface area contributed by atoms with Crippen LogP contribution in [0.2, 0.25) is 15.1 Å². The molecule has 1 fully saturated rings. The van der Waals surface area contributed by atoms with Gasteiger partial charge in [0.25, 0.3) is 5.91 Å². The van der Waals surface area contributed by atoms with Gasteiger partial charge in [-0.15, -0.1) is 0 Å². The maximum Gasteiger partial charge on any atom is 0.328 e. The summed E-state index contributed by atoms with van der Waals surface area (Å²) in [7, 11) is 0. The van der Waals surface area contributed by atoms with E-state index in [1.165, 1.54) is 10.6 Å². The summed E-state index contributed by atoms with van der Waals surface area (Å²) in [4.78, 5) is 40.9. The Hall–Kier alpha value is -3.32. The molecule has 0 spiro atoms. The minimum Gasteiger partial charge on any atom is -0.478 e. The predicted molar refractivity (Wildman–Crippen MR) is 146 cm³/mol. The molecule has 9 heteroatoms. The number of benzene rings is 2. The van der Waals surface area contributed by atoms with Crippen molar-refractivity contribution in [3.05, 3.63) is 86.3 Å². The number of H-pyrrole nitrogens is 1. The highest BCUT2D eigenvalue weighted by molar-refractivity contribution is 6.42. The molecule has 2 aromatic carbocycles. The van der Waals surface area contributed by atoms with Crippen LogP contribution in [-0.4, -0.2) is 32.8 Å². The first-order valence-corrected chi connectivity index (χ1v) is 12.7. The second kappa shape index (κ2) is 9.53. The average molecular weight is 556 g/mol. The lowest BCUT2D eigenvalue weighted by Gasteiger charge is -2.36. The van der Waals surface area contributed by atoms with Crippen molar-refractivity contribution >= 4 is 69.9 Å². The van der Waals surface area contributed by atoms with Crippen LogP contribution in [-0.2, 0) is 15.0 Å². The summed E-state index contributed by atoms with van der Waals surface area (Å²) < 4.78 is 1.52. The first-order chi connectivity index (χ1) is 17.7. The van der Waals surface area contributed by atoms with Gasteiger partial charge in [-0.1, -0.05) is 53.4 Å². The van der Waals surface area contributed by atoms with Crippen molar-refractivity contribution in [2.24, 2.45) is 0 Å². The van der Waals surface area contributed by atoms with Gasteiger partial charge in [-0.2, -0.15) is 0 Å². The van der Waals surface area contributed by atoms with Gasteiger partial charge in [0.1, 0.15) is 6.29 Å². The zero-order valence-electron chi connectivity index (χ0n) is 19.6. The Kier molecular flexibility index (Phi) is 6.52. The van der Waals surface area contributed by atoms with Crippen molar-refractivity contribution in [3.63, 3.8) is 0 Å². The van der Waals surface area contributed by atoms with Crippen molar-refractivity contribution in [2.45, 2.75) is 31.6 Å². The number of carboxylic acid groups (broad SMARTS) is 1. The molecule has 1 saturated carbocycles. The molecule has 6 nitrogen and oxygen atoms in total. The molecule has 4 aromatic rings. The number of aromatic amines is 1. The second-order valence-corrected chi connectivity index (χ2v) is 10.5. The third-order valence-electron chi connectivity index (χ3n) is 7.02. The van der Waals surface area contributed by atoms with Gasteiger partial charge in [-0.05, 0) is 55.2 Å². The number of halogens is 3. The number of aldehydes is 1. The second-order valence-electron chi connectivity index (χ2n) is 9.22. The SMILES string of the molecule is Cc1cn(C(=O)c2c(-c3c(Cl)cc(Cl)cc3Cl)c[nH]c2C2(C=O)CCC2)c2cccc(/C=C/C(=O)O)c12. The van der Waals surface area contributed by atoms with E-state index >= 15 is 0 Å². The summed E-state index contributed by atoms with van der Waals surface area (Å²) in [5.41, 5.74) is 3.02. The molecule has 0 bridgehead atoms. The number of nitrogens with one attached hydrogen (secondary N) is 1. The molecule has 0 saturated heterocycles. The molecule has 188 valence electrons. The van der Waals surface area contributed by atoms with Crippen LogP contribution < -0.4 is 0 Å². The van der Waals surface area contributed by atoms with Gasteiger partial charge in [-0.3, -0.25) is 9.36 Å². The molecule has 0 amide bonds. The van der Waals surface area contributed by atoms with Crippen molar-refractivity contribution < 1.29 is 19.5 Å². The Labute approximate surface area is 227 Å².